The molecule has 0 aromatic heterocycles. The standard InChI is InChI=1S/C15H29N/c1-4-7-8-9-10-11-12-13-14-15-16(5-2)6-3/h4-12,15H2,1-3H3. The fourth-order valence-corrected chi connectivity index (χ4v) is 1.70. The lowest BCUT2D eigenvalue weighted by Gasteiger charge is -2.13. The van der Waals surface area contributed by atoms with Crippen LogP contribution >= 0.6 is 0 Å². The molecule has 0 atom stereocenters. The van der Waals surface area contributed by atoms with Crippen LogP contribution in [0.2, 0.25) is 0 Å². The van der Waals surface area contributed by atoms with Crippen molar-refractivity contribution >= 4 is 0 Å². The zero-order valence-electron chi connectivity index (χ0n) is 11.5. The van der Waals surface area contributed by atoms with Crippen molar-refractivity contribution in [2.75, 3.05) is 19.6 Å². The highest BCUT2D eigenvalue weighted by Gasteiger charge is 1.93. The second kappa shape index (κ2) is 12.6. The molecule has 0 aliphatic rings. The normalized spacial score (nSPS) is 10.2. The van der Waals surface area contributed by atoms with E-state index in [1.807, 2.05) is 0 Å². The molecule has 1 nitrogen and oxygen atoms in total. The van der Waals surface area contributed by atoms with E-state index in [2.05, 4.69) is 37.5 Å². The lowest BCUT2D eigenvalue weighted by Crippen LogP contribution is -2.22. The van der Waals surface area contributed by atoms with Gasteiger partial charge in [-0.25, -0.2) is 0 Å². The van der Waals surface area contributed by atoms with E-state index in [0.29, 0.717) is 0 Å². The zero-order chi connectivity index (χ0) is 12.1. The Kier molecular flexibility index (Phi) is 12.2. The molecule has 0 heterocycles. The lowest BCUT2D eigenvalue weighted by atomic mass is 10.1. The molecule has 0 N–H and O–H groups in total. The molecular formula is C15H29N. The minimum absolute atomic E-state index is 0.947. The van der Waals surface area contributed by atoms with Gasteiger partial charge < -0.3 is 0 Å². The molecule has 0 bridgehead atoms. The van der Waals surface area contributed by atoms with Gasteiger partial charge in [-0.15, -0.1) is 5.92 Å². The molecular weight excluding hydrogens is 194 g/mol. The summed E-state index contributed by atoms with van der Waals surface area (Å²) in [6, 6.07) is 0. The third-order valence-corrected chi connectivity index (χ3v) is 2.98. The van der Waals surface area contributed by atoms with E-state index in [1.54, 1.807) is 0 Å². The van der Waals surface area contributed by atoms with Crippen molar-refractivity contribution in [3.05, 3.63) is 0 Å². The van der Waals surface area contributed by atoms with Crippen LogP contribution in [0.1, 0.15) is 65.7 Å². The van der Waals surface area contributed by atoms with E-state index in [-0.39, 0.29) is 0 Å². The maximum atomic E-state index is 3.28. The topological polar surface area (TPSA) is 3.24 Å². The summed E-state index contributed by atoms with van der Waals surface area (Å²) >= 11 is 0. The van der Waals surface area contributed by atoms with Gasteiger partial charge in [0.1, 0.15) is 0 Å². The molecule has 0 spiro atoms. The number of hydrogen-bond donors (Lipinski definition) is 0. The average molecular weight is 223 g/mol. The molecule has 0 aromatic rings. The maximum absolute atomic E-state index is 3.28. The highest BCUT2D eigenvalue weighted by Crippen LogP contribution is 2.05. The van der Waals surface area contributed by atoms with Crippen LogP contribution in [0.5, 0.6) is 0 Å². The Morgan fingerprint density at radius 1 is 0.750 bits per heavy atom. The number of nitrogens with zero attached hydrogens (tertiary/aromatic N) is 1. The largest absolute Gasteiger partial charge is 0.293 e. The number of unbranched alkanes of at least 4 members (excludes halogenated alkanes) is 6. The zero-order valence-corrected chi connectivity index (χ0v) is 11.5. The number of hydrogen-bond acceptors (Lipinski definition) is 1. The second-order valence-corrected chi connectivity index (χ2v) is 4.33. The molecule has 94 valence electrons. The first-order valence-corrected chi connectivity index (χ1v) is 7.03. The van der Waals surface area contributed by atoms with Crippen molar-refractivity contribution < 1.29 is 0 Å². The van der Waals surface area contributed by atoms with Crippen LogP contribution in [-0.4, -0.2) is 24.5 Å². The predicted octanol–water partition coefficient (Wildman–Crippen LogP) is 4.08. The van der Waals surface area contributed by atoms with Crippen LogP contribution in [0.4, 0.5) is 0 Å². The third-order valence-electron chi connectivity index (χ3n) is 2.98. The van der Waals surface area contributed by atoms with E-state index >= 15 is 0 Å². The Labute approximate surface area is 103 Å². The van der Waals surface area contributed by atoms with E-state index in [1.165, 1.54) is 38.5 Å². The highest BCUT2D eigenvalue weighted by atomic mass is 15.1. The molecule has 0 rings (SSSR count). The van der Waals surface area contributed by atoms with Gasteiger partial charge >= 0.3 is 0 Å². The van der Waals surface area contributed by atoms with Gasteiger partial charge in [0.2, 0.25) is 0 Å². The van der Waals surface area contributed by atoms with Crippen LogP contribution < -0.4 is 0 Å². The number of rotatable bonds is 9. The Balaban J connectivity index is 3.27. The first kappa shape index (κ1) is 15.5. The summed E-state index contributed by atoms with van der Waals surface area (Å²) in [7, 11) is 0. The van der Waals surface area contributed by atoms with Gasteiger partial charge in [-0.1, -0.05) is 58.8 Å². The monoisotopic (exact) mass is 223 g/mol. The van der Waals surface area contributed by atoms with Crippen LogP contribution in [0.15, 0.2) is 0 Å². The van der Waals surface area contributed by atoms with Crippen molar-refractivity contribution in [2.45, 2.75) is 65.7 Å². The van der Waals surface area contributed by atoms with Gasteiger partial charge in [0, 0.05) is 6.42 Å². The van der Waals surface area contributed by atoms with Crippen LogP contribution in [0.25, 0.3) is 0 Å². The third kappa shape index (κ3) is 10.1. The minimum Gasteiger partial charge on any atom is -0.293 e. The molecule has 0 radical (unpaired) electrons. The molecule has 16 heavy (non-hydrogen) atoms. The van der Waals surface area contributed by atoms with E-state index in [0.717, 1.165) is 26.1 Å². The van der Waals surface area contributed by atoms with Crippen LogP contribution in [-0.2, 0) is 0 Å². The van der Waals surface area contributed by atoms with Gasteiger partial charge in [-0.2, -0.15) is 0 Å². The van der Waals surface area contributed by atoms with Gasteiger partial charge in [0.15, 0.2) is 0 Å². The molecule has 0 fully saturated rings. The first-order valence-electron chi connectivity index (χ1n) is 7.03. The Hall–Kier alpha value is -0.480. The molecule has 0 aliphatic carbocycles. The SMILES string of the molecule is CCCCCCCCC#CCN(CC)CC. The van der Waals surface area contributed by atoms with Crippen molar-refractivity contribution in [3.63, 3.8) is 0 Å². The maximum Gasteiger partial charge on any atom is 0.0601 e. The van der Waals surface area contributed by atoms with Crippen molar-refractivity contribution in [3.8, 4) is 11.8 Å². The van der Waals surface area contributed by atoms with Gasteiger partial charge in [-0.3, -0.25) is 4.90 Å². The summed E-state index contributed by atoms with van der Waals surface area (Å²) in [5.41, 5.74) is 0. The summed E-state index contributed by atoms with van der Waals surface area (Å²) in [6.07, 6.45) is 9.27. The van der Waals surface area contributed by atoms with Gasteiger partial charge in [-0.05, 0) is 19.5 Å². The minimum atomic E-state index is 0.947. The second-order valence-electron chi connectivity index (χ2n) is 4.33. The summed E-state index contributed by atoms with van der Waals surface area (Å²) in [4.78, 5) is 2.36. The highest BCUT2D eigenvalue weighted by molar-refractivity contribution is 5.00. The molecule has 0 saturated heterocycles. The molecule has 0 saturated carbocycles. The Bertz CT molecular complexity index is 183. The van der Waals surface area contributed by atoms with Crippen molar-refractivity contribution in [1.29, 1.82) is 0 Å². The summed E-state index contributed by atoms with van der Waals surface area (Å²) in [5.74, 6) is 6.55. The fraction of sp³-hybridized carbons (Fsp3) is 0.867. The Morgan fingerprint density at radius 2 is 1.38 bits per heavy atom. The summed E-state index contributed by atoms with van der Waals surface area (Å²) < 4.78 is 0. The quantitative estimate of drug-likeness (QED) is 0.420. The van der Waals surface area contributed by atoms with Crippen LogP contribution in [0, 0.1) is 11.8 Å². The lowest BCUT2D eigenvalue weighted by molar-refractivity contribution is 0.342. The van der Waals surface area contributed by atoms with Crippen molar-refractivity contribution in [2.24, 2.45) is 0 Å². The van der Waals surface area contributed by atoms with E-state index in [9.17, 15) is 0 Å². The summed E-state index contributed by atoms with van der Waals surface area (Å²) in [6.45, 7) is 9.82. The average Bonchev–Trinajstić information content (AvgIpc) is 2.32. The van der Waals surface area contributed by atoms with E-state index < -0.39 is 0 Å². The van der Waals surface area contributed by atoms with E-state index in [4.69, 9.17) is 0 Å². The molecule has 0 aromatic carbocycles. The molecule has 0 aliphatic heterocycles. The predicted molar refractivity (Wildman–Crippen MR) is 73.6 cm³/mol. The molecule has 0 unspecified atom stereocenters. The smallest absolute Gasteiger partial charge is 0.0601 e. The van der Waals surface area contributed by atoms with Gasteiger partial charge in [0.05, 0.1) is 6.54 Å². The fourth-order valence-electron chi connectivity index (χ4n) is 1.70. The van der Waals surface area contributed by atoms with Gasteiger partial charge in [0.25, 0.3) is 0 Å². The van der Waals surface area contributed by atoms with Crippen LogP contribution in [0.3, 0.4) is 0 Å². The Morgan fingerprint density at radius 3 is 2.00 bits per heavy atom. The molecule has 1 heteroatoms. The first-order chi connectivity index (χ1) is 7.85. The van der Waals surface area contributed by atoms with Crippen molar-refractivity contribution in [1.82, 2.24) is 4.90 Å². The molecule has 0 amide bonds. The summed E-state index contributed by atoms with van der Waals surface area (Å²) in [5, 5.41) is 0.